The van der Waals surface area contributed by atoms with E-state index in [-0.39, 0.29) is 12.2 Å². The van der Waals surface area contributed by atoms with Gasteiger partial charge in [-0.15, -0.1) is 0 Å². The van der Waals surface area contributed by atoms with Gasteiger partial charge in [0.05, 0.1) is 31.0 Å². The van der Waals surface area contributed by atoms with Crippen LogP contribution in [0.2, 0.25) is 0 Å². The van der Waals surface area contributed by atoms with E-state index in [0.29, 0.717) is 53.4 Å². The van der Waals surface area contributed by atoms with Crippen molar-refractivity contribution in [3.63, 3.8) is 0 Å². The number of esters is 1. The summed E-state index contributed by atoms with van der Waals surface area (Å²) in [6.45, 7) is 8.19. The third-order valence-corrected chi connectivity index (χ3v) is 4.21. The van der Waals surface area contributed by atoms with Crippen molar-refractivity contribution in [2.45, 2.75) is 20.3 Å². The maximum absolute atomic E-state index is 11.3. The normalized spacial score (nSPS) is 10.8. The molecule has 0 saturated heterocycles. The Kier molecular flexibility index (Phi) is 8.89. The van der Waals surface area contributed by atoms with Gasteiger partial charge in [-0.05, 0) is 73.5 Å². The van der Waals surface area contributed by atoms with Gasteiger partial charge in [-0.1, -0.05) is 6.58 Å². The molecule has 6 heteroatoms. The zero-order chi connectivity index (χ0) is 22.6. The first-order valence-electron chi connectivity index (χ1n) is 9.83. The van der Waals surface area contributed by atoms with Gasteiger partial charge in [-0.3, -0.25) is 0 Å². The Morgan fingerprint density at radius 3 is 1.77 bits per heavy atom. The quantitative estimate of drug-likeness (QED) is 0.179. The Labute approximate surface area is 182 Å². The predicted octanol–water partition coefficient (Wildman–Crippen LogP) is 4.93. The Hall–Kier alpha value is -4.03. The molecule has 0 aromatic heterocycles. The highest BCUT2D eigenvalue weighted by molar-refractivity contribution is 6.02. The van der Waals surface area contributed by atoms with Gasteiger partial charge in [0, 0.05) is 12.0 Å². The Morgan fingerprint density at radius 2 is 1.35 bits per heavy atom. The fourth-order valence-electron chi connectivity index (χ4n) is 2.67. The summed E-state index contributed by atoms with van der Waals surface area (Å²) < 4.78 is 16.1. The van der Waals surface area contributed by atoms with Gasteiger partial charge < -0.3 is 14.2 Å². The zero-order valence-corrected chi connectivity index (χ0v) is 17.7. The summed E-state index contributed by atoms with van der Waals surface area (Å²) >= 11 is 0. The van der Waals surface area contributed by atoms with Crippen LogP contribution in [0.15, 0.2) is 60.7 Å². The van der Waals surface area contributed by atoms with Crippen molar-refractivity contribution >= 4 is 17.1 Å². The van der Waals surface area contributed by atoms with Crippen LogP contribution in [0.25, 0.3) is 11.1 Å². The van der Waals surface area contributed by atoms with E-state index >= 15 is 0 Å². The molecule has 0 fully saturated rings. The standard InChI is InChI=1S/C25H24N2O4/c1-4-29-21-10-6-19(7-11-21)23(16-26)24(17-27)20-8-12-22(13-9-20)30-14-5-15-31-25(28)18(2)3/h6-13H,2,4-5,14-15H2,1,3H3/b24-23-. The lowest BCUT2D eigenvalue weighted by Gasteiger charge is -2.09. The first-order valence-corrected chi connectivity index (χ1v) is 9.83. The zero-order valence-electron chi connectivity index (χ0n) is 17.7. The number of hydrogen-bond donors (Lipinski definition) is 0. The molecule has 0 radical (unpaired) electrons. The molecular weight excluding hydrogens is 392 g/mol. The minimum atomic E-state index is -0.416. The van der Waals surface area contributed by atoms with Gasteiger partial charge in [-0.2, -0.15) is 10.5 Å². The first-order chi connectivity index (χ1) is 15.0. The molecule has 0 N–H and O–H groups in total. The van der Waals surface area contributed by atoms with E-state index < -0.39 is 5.97 Å². The number of carbonyl (C=O) groups excluding carboxylic acids is 1. The average Bonchev–Trinajstić information content (AvgIpc) is 2.78. The molecule has 2 aromatic rings. The van der Waals surface area contributed by atoms with Crippen LogP contribution in [0.1, 0.15) is 31.4 Å². The number of rotatable bonds is 10. The summed E-state index contributed by atoms with van der Waals surface area (Å²) in [5.41, 5.74) is 2.20. The lowest BCUT2D eigenvalue weighted by atomic mass is 9.96. The van der Waals surface area contributed by atoms with Crippen molar-refractivity contribution in [3.05, 3.63) is 71.8 Å². The van der Waals surface area contributed by atoms with Gasteiger partial charge in [-0.25, -0.2) is 4.79 Å². The number of carbonyl (C=O) groups is 1. The van der Waals surface area contributed by atoms with Gasteiger partial charge in [0.15, 0.2) is 0 Å². The summed E-state index contributed by atoms with van der Waals surface area (Å²) in [7, 11) is 0. The van der Waals surface area contributed by atoms with Crippen LogP contribution in [0.5, 0.6) is 11.5 Å². The van der Waals surface area contributed by atoms with Crippen molar-refractivity contribution in [1.29, 1.82) is 10.5 Å². The smallest absolute Gasteiger partial charge is 0.333 e. The van der Waals surface area contributed by atoms with Gasteiger partial charge in [0.2, 0.25) is 0 Å². The molecule has 0 atom stereocenters. The second-order valence-electron chi connectivity index (χ2n) is 6.57. The highest BCUT2D eigenvalue weighted by Gasteiger charge is 2.12. The second-order valence-corrected chi connectivity index (χ2v) is 6.57. The maximum atomic E-state index is 11.3. The van der Waals surface area contributed by atoms with Crippen LogP contribution >= 0.6 is 0 Å². The fourth-order valence-corrected chi connectivity index (χ4v) is 2.67. The average molecular weight is 416 g/mol. The Bertz CT molecular complexity index is 1020. The van der Waals surface area contributed by atoms with Crippen molar-refractivity contribution < 1.29 is 19.0 Å². The van der Waals surface area contributed by atoms with Gasteiger partial charge in [0.1, 0.15) is 23.6 Å². The van der Waals surface area contributed by atoms with Crippen LogP contribution in [-0.2, 0) is 9.53 Å². The SMILES string of the molecule is C=C(C)C(=O)OCCCOc1ccc(/C(C#N)=C(/C#N)c2ccc(OCC)cc2)cc1. The first kappa shape index (κ1) is 23.3. The lowest BCUT2D eigenvalue weighted by Crippen LogP contribution is -2.09. The summed E-state index contributed by atoms with van der Waals surface area (Å²) in [5, 5.41) is 19.3. The molecule has 0 spiro atoms. The molecule has 0 unspecified atom stereocenters. The largest absolute Gasteiger partial charge is 0.494 e. The molecule has 2 rings (SSSR count). The molecule has 6 nitrogen and oxygen atoms in total. The monoisotopic (exact) mass is 416 g/mol. The molecular formula is C25H24N2O4. The molecule has 158 valence electrons. The molecule has 0 saturated carbocycles. The van der Waals surface area contributed by atoms with Crippen LogP contribution in [0, 0.1) is 22.7 Å². The molecule has 31 heavy (non-hydrogen) atoms. The molecule has 0 bridgehead atoms. The third-order valence-electron chi connectivity index (χ3n) is 4.21. The molecule has 0 aliphatic rings. The number of benzene rings is 2. The predicted molar refractivity (Wildman–Crippen MR) is 118 cm³/mol. The molecule has 0 aliphatic heterocycles. The van der Waals surface area contributed by atoms with Crippen molar-refractivity contribution in [2.24, 2.45) is 0 Å². The maximum Gasteiger partial charge on any atom is 0.333 e. The van der Waals surface area contributed by atoms with Crippen LogP contribution in [-0.4, -0.2) is 25.8 Å². The number of nitriles is 2. The molecule has 0 amide bonds. The van der Waals surface area contributed by atoms with E-state index in [1.165, 1.54) is 0 Å². The second kappa shape index (κ2) is 11.8. The summed E-state index contributed by atoms with van der Waals surface area (Å²) in [5.74, 6) is 0.908. The van der Waals surface area contributed by atoms with Gasteiger partial charge >= 0.3 is 5.97 Å². The van der Waals surface area contributed by atoms with Gasteiger partial charge in [0.25, 0.3) is 0 Å². The van der Waals surface area contributed by atoms with Crippen LogP contribution in [0.3, 0.4) is 0 Å². The third kappa shape index (κ3) is 6.76. The topological polar surface area (TPSA) is 92.3 Å². The van der Waals surface area contributed by atoms with E-state index in [9.17, 15) is 15.3 Å². The number of nitrogens with zero attached hydrogens (tertiary/aromatic N) is 2. The number of allylic oxidation sites excluding steroid dienone is 2. The number of hydrogen-bond acceptors (Lipinski definition) is 6. The molecule has 0 aliphatic carbocycles. The Morgan fingerprint density at radius 1 is 0.871 bits per heavy atom. The van der Waals surface area contributed by atoms with Crippen molar-refractivity contribution in [2.75, 3.05) is 19.8 Å². The Balaban J connectivity index is 2.06. The summed E-state index contributed by atoms with van der Waals surface area (Å²) in [6.07, 6.45) is 0.542. The summed E-state index contributed by atoms with van der Waals surface area (Å²) in [4.78, 5) is 11.3. The summed E-state index contributed by atoms with van der Waals surface area (Å²) in [6, 6.07) is 18.3. The molecule has 2 aromatic carbocycles. The van der Waals surface area contributed by atoms with Crippen LogP contribution in [0.4, 0.5) is 0 Å². The van der Waals surface area contributed by atoms with E-state index in [4.69, 9.17) is 14.2 Å². The van der Waals surface area contributed by atoms with Crippen molar-refractivity contribution in [3.8, 4) is 23.6 Å². The van der Waals surface area contributed by atoms with E-state index in [0.717, 1.165) is 0 Å². The van der Waals surface area contributed by atoms with Crippen LogP contribution < -0.4 is 9.47 Å². The van der Waals surface area contributed by atoms with E-state index in [2.05, 4.69) is 18.7 Å². The minimum absolute atomic E-state index is 0.249. The van der Waals surface area contributed by atoms with E-state index in [1.54, 1.807) is 55.5 Å². The number of ether oxygens (including phenoxy) is 3. The molecule has 0 heterocycles. The lowest BCUT2D eigenvalue weighted by molar-refractivity contribution is -0.139. The van der Waals surface area contributed by atoms with Crippen molar-refractivity contribution in [1.82, 2.24) is 0 Å². The highest BCUT2D eigenvalue weighted by atomic mass is 16.5. The highest BCUT2D eigenvalue weighted by Crippen LogP contribution is 2.28. The minimum Gasteiger partial charge on any atom is -0.494 e. The van der Waals surface area contributed by atoms with E-state index in [1.807, 2.05) is 6.92 Å². The fraction of sp³-hybridized carbons (Fsp3) is 0.240.